The van der Waals surface area contributed by atoms with Crippen LogP contribution in [0.3, 0.4) is 0 Å². The molecule has 15 heavy (non-hydrogen) atoms. The molecule has 0 aliphatic heterocycles. The van der Waals surface area contributed by atoms with E-state index >= 15 is 0 Å². The van der Waals surface area contributed by atoms with E-state index in [0.29, 0.717) is 24.9 Å². The van der Waals surface area contributed by atoms with Crippen LogP contribution in [-0.4, -0.2) is 12.6 Å². The molecule has 0 amide bonds. The minimum absolute atomic E-state index is 0.414. The van der Waals surface area contributed by atoms with Gasteiger partial charge in [-0.15, -0.1) is 0 Å². The van der Waals surface area contributed by atoms with E-state index in [2.05, 4.69) is 6.07 Å². The van der Waals surface area contributed by atoms with Gasteiger partial charge in [-0.25, -0.2) is 0 Å². The highest BCUT2D eigenvalue weighted by molar-refractivity contribution is 5.78. The van der Waals surface area contributed by atoms with Crippen LogP contribution in [0, 0.1) is 29.1 Å². The Bertz CT molecular complexity index is 243. The molecule has 0 bridgehead atoms. The summed E-state index contributed by atoms with van der Waals surface area (Å²) in [5, 5.41) is 8.92. The van der Waals surface area contributed by atoms with Gasteiger partial charge in [0.15, 0.2) is 0 Å². The fourth-order valence-electron chi connectivity index (χ4n) is 2.30. The van der Waals surface area contributed by atoms with Crippen molar-refractivity contribution in [3.63, 3.8) is 0 Å². The highest BCUT2D eigenvalue weighted by Crippen LogP contribution is 2.30. The van der Waals surface area contributed by atoms with Crippen molar-refractivity contribution >= 4 is 12.6 Å². The van der Waals surface area contributed by atoms with Crippen molar-refractivity contribution in [1.29, 1.82) is 5.26 Å². The zero-order chi connectivity index (χ0) is 11.1. The monoisotopic (exact) mass is 207 g/mol. The summed E-state index contributed by atoms with van der Waals surface area (Å²) in [7, 11) is 0. The normalized spacial score (nSPS) is 19.5. The van der Waals surface area contributed by atoms with Crippen molar-refractivity contribution < 1.29 is 9.59 Å². The van der Waals surface area contributed by atoms with Gasteiger partial charge in [-0.05, 0) is 12.3 Å². The second-order valence-corrected chi connectivity index (χ2v) is 4.32. The van der Waals surface area contributed by atoms with Gasteiger partial charge >= 0.3 is 0 Å². The van der Waals surface area contributed by atoms with Crippen molar-refractivity contribution in [3.05, 3.63) is 0 Å². The Morgan fingerprint density at radius 1 is 1.20 bits per heavy atom. The molecule has 3 heteroatoms. The predicted octanol–water partition coefficient (Wildman–Crippen LogP) is 2.11. The van der Waals surface area contributed by atoms with Gasteiger partial charge in [0, 0.05) is 0 Å². The molecule has 1 aliphatic rings. The lowest BCUT2D eigenvalue weighted by atomic mass is 9.80. The van der Waals surface area contributed by atoms with Gasteiger partial charge in [0.05, 0.1) is 17.9 Å². The number of carbonyl (C=O) groups is 2. The molecule has 1 fully saturated rings. The summed E-state index contributed by atoms with van der Waals surface area (Å²) in [5.74, 6) is -0.606. The Morgan fingerprint density at radius 3 is 2.27 bits per heavy atom. The number of nitriles is 1. The van der Waals surface area contributed by atoms with E-state index in [1.807, 2.05) is 0 Å². The molecule has 1 saturated carbocycles. The second kappa shape index (κ2) is 6.34. The summed E-state index contributed by atoms with van der Waals surface area (Å²) in [6.07, 6.45) is 7.90. The third-order valence-electron chi connectivity index (χ3n) is 3.26. The SMILES string of the molecule is N#CC(CC1CCCCC1)C(C=O)C=O. The van der Waals surface area contributed by atoms with Gasteiger partial charge in [0.2, 0.25) is 0 Å². The minimum atomic E-state index is -0.725. The maximum atomic E-state index is 10.6. The average Bonchev–Trinajstić information content (AvgIpc) is 2.30. The standard InChI is InChI=1S/C12H17NO2/c13-7-11(12(8-14)9-15)6-10-4-2-1-3-5-10/h8-12H,1-6H2. The number of hydrogen-bond acceptors (Lipinski definition) is 3. The predicted molar refractivity (Wildman–Crippen MR) is 55.9 cm³/mol. The number of nitrogens with zero attached hydrogens (tertiary/aromatic N) is 1. The Kier molecular flexibility index (Phi) is 5.03. The van der Waals surface area contributed by atoms with Gasteiger partial charge in [-0.3, -0.25) is 0 Å². The van der Waals surface area contributed by atoms with Gasteiger partial charge in [0.1, 0.15) is 12.6 Å². The molecule has 1 rings (SSSR count). The molecule has 0 heterocycles. The summed E-state index contributed by atoms with van der Waals surface area (Å²) < 4.78 is 0. The van der Waals surface area contributed by atoms with Gasteiger partial charge in [-0.2, -0.15) is 5.26 Å². The summed E-state index contributed by atoms with van der Waals surface area (Å²) >= 11 is 0. The van der Waals surface area contributed by atoms with Crippen molar-refractivity contribution in [3.8, 4) is 6.07 Å². The van der Waals surface area contributed by atoms with Crippen LogP contribution in [0.5, 0.6) is 0 Å². The van der Waals surface area contributed by atoms with Crippen molar-refractivity contribution in [2.45, 2.75) is 38.5 Å². The first-order valence-corrected chi connectivity index (χ1v) is 5.62. The van der Waals surface area contributed by atoms with Crippen molar-refractivity contribution in [2.75, 3.05) is 0 Å². The Balaban J connectivity index is 2.48. The highest BCUT2D eigenvalue weighted by Gasteiger charge is 2.25. The Hall–Kier alpha value is -1.17. The van der Waals surface area contributed by atoms with Gasteiger partial charge in [-0.1, -0.05) is 32.1 Å². The van der Waals surface area contributed by atoms with E-state index in [4.69, 9.17) is 5.26 Å². The largest absolute Gasteiger partial charge is 0.303 e. The van der Waals surface area contributed by atoms with Crippen LogP contribution in [0.2, 0.25) is 0 Å². The van der Waals surface area contributed by atoms with Crippen LogP contribution in [0.15, 0.2) is 0 Å². The Morgan fingerprint density at radius 2 is 1.80 bits per heavy atom. The number of carbonyl (C=O) groups excluding carboxylic acids is 2. The topological polar surface area (TPSA) is 57.9 Å². The van der Waals surface area contributed by atoms with Gasteiger partial charge in [0.25, 0.3) is 0 Å². The van der Waals surface area contributed by atoms with E-state index in [1.165, 1.54) is 19.3 Å². The lowest BCUT2D eigenvalue weighted by molar-refractivity contribution is -0.120. The van der Waals surface area contributed by atoms with Crippen LogP contribution in [-0.2, 0) is 9.59 Å². The smallest absolute Gasteiger partial charge is 0.131 e. The van der Waals surface area contributed by atoms with Crippen LogP contribution in [0.4, 0.5) is 0 Å². The molecule has 0 aromatic heterocycles. The fourth-order valence-corrected chi connectivity index (χ4v) is 2.30. The summed E-state index contributed by atoms with van der Waals surface area (Å²) in [6.45, 7) is 0. The van der Waals surface area contributed by atoms with Gasteiger partial charge < -0.3 is 9.59 Å². The molecule has 82 valence electrons. The number of hydrogen-bond donors (Lipinski definition) is 0. The lowest BCUT2D eigenvalue weighted by Gasteiger charge is -2.24. The molecule has 1 aliphatic carbocycles. The summed E-state index contributed by atoms with van der Waals surface area (Å²) in [6, 6.07) is 2.09. The molecule has 1 atom stereocenters. The van der Waals surface area contributed by atoms with Crippen LogP contribution in [0.1, 0.15) is 38.5 Å². The molecule has 0 saturated heterocycles. The molecule has 1 unspecified atom stereocenters. The molecule has 0 aromatic carbocycles. The minimum Gasteiger partial charge on any atom is -0.303 e. The van der Waals surface area contributed by atoms with E-state index in [0.717, 1.165) is 12.8 Å². The third-order valence-corrected chi connectivity index (χ3v) is 3.26. The third kappa shape index (κ3) is 3.47. The Labute approximate surface area is 90.5 Å². The number of rotatable bonds is 5. The lowest BCUT2D eigenvalue weighted by Crippen LogP contribution is -2.20. The molecule has 3 nitrogen and oxygen atoms in total. The van der Waals surface area contributed by atoms with Crippen LogP contribution < -0.4 is 0 Å². The maximum Gasteiger partial charge on any atom is 0.131 e. The van der Waals surface area contributed by atoms with E-state index < -0.39 is 11.8 Å². The number of aldehydes is 2. The van der Waals surface area contributed by atoms with Crippen molar-refractivity contribution in [1.82, 2.24) is 0 Å². The summed E-state index contributed by atoms with van der Waals surface area (Å²) in [5.41, 5.74) is 0. The molecule has 0 aromatic rings. The fraction of sp³-hybridized carbons (Fsp3) is 0.750. The first kappa shape index (κ1) is 11.9. The molecular weight excluding hydrogens is 190 g/mol. The average molecular weight is 207 g/mol. The van der Waals surface area contributed by atoms with Crippen LogP contribution >= 0.6 is 0 Å². The second-order valence-electron chi connectivity index (χ2n) is 4.32. The molecular formula is C12H17NO2. The zero-order valence-corrected chi connectivity index (χ0v) is 8.89. The highest BCUT2D eigenvalue weighted by atomic mass is 16.1. The quantitative estimate of drug-likeness (QED) is 0.512. The van der Waals surface area contributed by atoms with Crippen LogP contribution in [0.25, 0.3) is 0 Å². The maximum absolute atomic E-state index is 10.6. The van der Waals surface area contributed by atoms with E-state index in [9.17, 15) is 9.59 Å². The first-order valence-electron chi connectivity index (χ1n) is 5.62. The van der Waals surface area contributed by atoms with E-state index in [-0.39, 0.29) is 0 Å². The zero-order valence-electron chi connectivity index (χ0n) is 8.89. The first-order chi connectivity index (χ1) is 7.31. The molecule has 0 N–H and O–H groups in total. The van der Waals surface area contributed by atoms with Crippen molar-refractivity contribution in [2.24, 2.45) is 17.8 Å². The summed E-state index contributed by atoms with van der Waals surface area (Å²) in [4.78, 5) is 21.2. The molecule has 0 radical (unpaired) electrons. The van der Waals surface area contributed by atoms with E-state index in [1.54, 1.807) is 0 Å². The molecule has 0 spiro atoms.